The van der Waals surface area contributed by atoms with Gasteiger partial charge in [0.1, 0.15) is 0 Å². The molecule has 5 heteroatoms. The molecule has 2 aromatic rings. The van der Waals surface area contributed by atoms with E-state index in [1.54, 1.807) is 0 Å². The topological polar surface area (TPSA) is 42.7 Å². The van der Waals surface area contributed by atoms with Gasteiger partial charge in [-0.25, -0.2) is 9.67 Å². The molecule has 108 valence electrons. The Morgan fingerprint density at radius 1 is 1.30 bits per heavy atom. The fraction of sp³-hybridized carbons (Fsp3) is 0.467. The van der Waals surface area contributed by atoms with Crippen LogP contribution in [-0.4, -0.2) is 20.8 Å². The van der Waals surface area contributed by atoms with Crippen molar-refractivity contribution in [3.05, 3.63) is 39.3 Å². The largest absolute Gasteiger partial charge is 0.310 e. The molecule has 0 radical (unpaired) electrons. The number of nitrogens with one attached hydrogen (secondary N) is 1. The molecule has 0 bridgehead atoms. The third-order valence-corrected chi connectivity index (χ3v) is 3.90. The molecule has 1 N–H and O–H groups in total. The van der Waals surface area contributed by atoms with E-state index in [1.165, 1.54) is 5.56 Å². The Morgan fingerprint density at radius 2 is 2.00 bits per heavy atom. The Kier molecular flexibility index (Phi) is 4.60. The quantitative estimate of drug-likeness (QED) is 0.929. The van der Waals surface area contributed by atoms with E-state index >= 15 is 0 Å². The molecule has 4 nitrogen and oxygen atoms in total. The molecule has 0 aliphatic carbocycles. The highest BCUT2D eigenvalue weighted by atomic mass is 79.9. The Labute approximate surface area is 128 Å². The summed E-state index contributed by atoms with van der Waals surface area (Å²) >= 11 is 3.49. The Morgan fingerprint density at radius 3 is 2.55 bits per heavy atom. The van der Waals surface area contributed by atoms with Gasteiger partial charge < -0.3 is 5.32 Å². The first-order valence-electron chi connectivity index (χ1n) is 6.81. The van der Waals surface area contributed by atoms with Crippen molar-refractivity contribution in [3.8, 4) is 5.82 Å². The molecule has 0 aliphatic heterocycles. The standard InChI is InChI=1S/C15H21BrN4/c1-9(2)17-7-13-6-14(16)8-18-15(13)20-12(5)10(3)11(4)19-20/h6,8-9,17H,7H2,1-5H3. The summed E-state index contributed by atoms with van der Waals surface area (Å²) in [4.78, 5) is 4.56. The second kappa shape index (κ2) is 6.06. The van der Waals surface area contributed by atoms with Crippen molar-refractivity contribution < 1.29 is 0 Å². The van der Waals surface area contributed by atoms with Crippen LogP contribution in [0.3, 0.4) is 0 Å². The van der Waals surface area contributed by atoms with Gasteiger partial charge in [0.15, 0.2) is 5.82 Å². The summed E-state index contributed by atoms with van der Waals surface area (Å²) in [6.07, 6.45) is 1.82. The molecule has 20 heavy (non-hydrogen) atoms. The van der Waals surface area contributed by atoms with E-state index in [-0.39, 0.29) is 0 Å². The molecule has 2 rings (SSSR count). The summed E-state index contributed by atoms with van der Waals surface area (Å²) in [7, 11) is 0. The molecule has 0 aromatic carbocycles. The van der Waals surface area contributed by atoms with Crippen LogP contribution < -0.4 is 5.32 Å². The zero-order chi connectivity index (χ0) is 14.9. The van der Waals surface area contributed by atoms with Gasteiger partial charge in [0.2, 0.25) is 0 Å². The average Bonchev–Trinajstić information content (AvgIpc) is 2.64. The fourth-order valence-electron chi connectivity index (χ4n) is 2.04. The van der Waals surface area contributed by atoms with Gasteiger partial charge in [-0.1, -0.05) is 13.8 Å². The van der Waals surface area contributed by atoms with Crippen LogP contribution in [0.5, 0.6) is 0 Å². The molecule has 0 aliphatic rings. The molecular weight excluding hydrogens is 316 g/mol. The second-order valence-electron chi connectivity index (χ2n) is 5.38. The fourth-order valence-corrected chi connectivity index (χ4v) is 2.41. The Balaban J connectivity index is 2.47. The molecule has 0 spiro atoms. The third kappa shape index (κ3) is 3.10. The molecule has 0 unspecified atom stereocenters. The number of hydrogen-bond acceptors (Lipinski definition) is 3. The molecule has 0 saturated carbocycles. The van der Waals surface area contributed by atoms with Crippen LogP contribution in [0.2, 0.25) is 0 Å². The number of nitrogens with zero attached hydrogens (tertiary/aromatic N) is 3. The van der Waals surface area contributed by atoms with Crippen LogP contribution in [0, 0.1) is 20.8 Å². The average molecular weight is 337 g/mol. The van der Waals surface area contributed by atoms with Gasteiger partial charge in [0.25, 0.3) is 0 Å². The summed E-state index contributed by atoms with van der Waals surface area (Å²) in [6.45, 7) is 11.3. The van der Waals surface area contributed by atoms with Crippen LogP contribution in [0.25, 0.3) is 5.82 Å². The van der Waals surface area contributed by atoms with E-state index < -0.39 is 0 Å². The van der Waals surface area contributed by atoms with E-state index in [2.05, 4.69) is 65.1 Å². The summed E-state index contributed by atoms with van der Waals surface area (Å²) in [6, 6.07) is 2.53. The zero-order valence-corrected chi connectivity index (χ0v) is 14.2. The highest BCUT2D eigenvalue weighted by Gasteiger charge is 2.14. The SMILES string of the molecule is Cc1nn(-c2ncc(Br)cc2CNC(C)C)c(C)c1C. The van der Waals surface area contributed by atoms with Gasteiger partial charge >= 0.3 is 0 Å². The normalized spacial score (nSPS) is 11.3. The van der Waals surface area contributed by atoms with Crippen LogP contribution in [-0.2, 0) is 6.54 Å². The Hall–Kier alpha value is -1.20. The van der Waals surface area contributed by atoms with Crippen LogP contribution in [0.1, 0.15) is 36.4 Å². The van der Waals surface area contributed by atoms with Crippen molar-refractivity contribution in [2.24, 2.45) is 0 Å². The van der Waals surface area contributed by atoms with E-state index in [4.69, 9.17) is 0 Å². The summed E-state index contributed by atoms with van der Waals surface area (Å²) < 4.78 is 2.93. The summed E-state index contributed by atoms with van der Waals surface area (Å²) in [5.41, 5.74) is 4.55. The maximum absolute atomic E-state index is 4.61. The monoisotopic (exact) mass is 336 g/mol. The van der Waals surface area contributed by atoms with Gasteiger partial charge in [-0.15, -0.1) is 0 Å². The lowest BCUT2D eigenvalue weighted by Gasteiger charge is -2.13. The first kappa shape index (κ1) is 15.2. The lowest BCUT2D eigenvalue weighted by Crippen LogP contribution is -2.23. The number of hydrogen-bond donors (Lipinski definition) is 1. The van der Waals surface area contributed by atoms with E-state index in [0.717, 1.165) is 33.8 Å². The van der Waals surface area contributed by atoms with E-state index in [9.17, 15) is 0 Å². The molecule has 0 atom stereocenters. The first-order valence-corrected chi connectivity index (χ1v) is 7.60. The van der Waals surface area contributed by atoms with Crippen molar-refractivity contribution in [1.82, 2.24) is 20.1 Å². The minimum atomic E-state index is 0.434. The minimum Gasteiger partial charge on any atom is -0.310 e. The molecule has 2 heterocycles. The molecular formula is C15H21BrN4. The van der Waals surface area contributed by atoms with Gasteiger partial charge in [0.05, 0.1) is 5.69 Å². The van der Waals surface area contributed by atoms with Crippen LogP contribution >= 0.6 is 15.9 Å². The predicted molar refractivity (Wildman–Crippen MR) is 85.2 cm³/mol. The van der Waals surface area contributed by atoms with Gasteiger partial charge in [0, 0.05) is 34.5 Å². The predicted octanol–water partition coefficient (Wildman–Crippen LogP) is 3.45. The van der Waals surface area contributed by atoms with Crippen molar-refractivity contribution in [3.63, 3.8) is 0 Å². The van der Waals surface area contributed by atoms with Crippen molar-refractivity contribution in [2.45, 2.75) is 47.2 Å². The lowest BCUT2D eigenvalue weighted by molar-refractivity contribution is 0.584. The Bertz CT molecular complexity index is 617. The number of rotatable bonds is 4. The van der Waals surface area contributed by atoms with Gasteiger partial charge in [-0.3, -0.25) is 0 Å². The highest BCUT2D eigenvalue weighted by Crippen LogP contribution is 2.21. The maximum atomic E-state index is 4.61. The van der Waals surface area contributed by atoms with Crippen LogP contribution in [0.15, 0.2) is 16.7 Å². The van der Waals surface area contributed by atoms with Crippen molar-refractivity contribution in [2.75, 3.05) is 0 Å². The van der Waals surface area contributed by atoms with Crippen LogP contribution in [0.4, 0.5) is 0 Å². The first-order chi connectivity index (χ1) is 9.40. The lowest BCUT2D eigenvalue weighted by atomic mass is 10.2. The zero-order valence-electron chi connectivity index (χ0n) is 12.7. The summed E-state index contributed by atoms with van der Waals surface area (Å²) in [5, 5.41) is 8.05. The number of halogens is 1. The maximum Gasteiger partial charge on any atom is 0.158 e. The molecule has 0 amide bonds. The van der Waals surface area contributed by atoms with E-state index in [1.807, 2.05) is 17.8 Å². The smallest absolute Gasteiger partial charge is 0.158 e. The molecule has 2 aromatic heterocycles. The van der Waals surface area contributed by atoms with E-state index in [0.29, 0.717) is 6.04 Å². The van der Waals surface area contributed by atoms with Crippen molar-refractivity contribution in [1.29, 1.82) is 0 Å². The van der Waals surface area contributed by atoms with Gasteiger partial charge in [-0.05, 0) is 48.3 Å². The number of aromatic nitrogens is 3. The van der Waals surface area contributed by atoms with Crippen molar-refractivity contribution >= 4 is 15.9 Å². The highest BCUT2D eigenvalue weighted by molar-refractivity contribution is 9.10. The number of pyridine rings is 1. The van der Waals surface area contributed by atoms with Gasteiger partial charge in [-0.2, -0.15) is 5.10 Å². The molecule has 0 saturated heterocycles. The second-order valence-corrected chi connectivity index (χ2v) is 6.30. The minimum absolute atomic E-state index is 0.434. The molecule has 0 fully saturated rings. The summed E-state index contributed by atoms with van der Waals surface area (Å²) in [5.74, 6) is 0.898. The number of aryl methyl sites for hydroxylation is 1. The third-order valence-electron chi connectivity index (χ3n) is 3.46.